The Labute approximate surface area is 144 Å². The van der Waals surface area contributed by atoms with Crippen molar-refractivity contribution < 1.29 is 14.3 Å². The number of hydrogen-bond acceptors (Lipinski definition) is 3. The van der Waals surface area contributed by atoms with Gasteiger partial charge < -0.3 is 19.7 Å². The largest absolute Gasteiger partial charge is 0.493 e. The minimum atomic E-state index is 0.0450. The molecule has 0 aromatic heterocycles. The minimum Gasteiger partial charge on any atom is -0.493 e. The van der Waals surface area contributed by atoms with Crippen LogP contribution in [0.5, 0.6) is 11.5 Å². The lowest BCUT2D eigenvalue weighted by atomic mass is 9.89. The van der Waals surface area contributed by atoms with Gasteiger partial charge in [-0.2, -0.15) is 0 Å². The number of nitrogens with zero attached hydrogens (tertiary/aromatic N) is 1. The lowest BCUT2D eigenvalue weighted by molar-refractivity contribution is 0.185. The zero-order valence-electron chi connectivity index (χ0n) is 15.0. The van der Waals surface area contributed by atoms with E-state index in [1.54, 1.807) is 14.2 Å². The average molecular weight is 332 g/mol. The number of benzene rings is 1. The highest BCUT2D eigenvalue weighted by Gasteiger charge is 2.30. The molecule has 0 unspecified atom stereocenters. The monoisotopic (exact) mass is 332 g/mol. The van der Waals surface area contributed by atoms with Gasteiger partial charge >= 0.3 is 6.03 Å². The summed E-state index contributed by atoms with van der Waals surface area (Å²) >= 11 is 0. The maximum atomic E-state index is 12.5. The Hall–Kier alpha value is -1.91. The van der Waals surface area contributed by atoms with Gasteiger partial charge in [0.25, 0.3) is 0 Å². The number of rotatable bonds is 4. The molecule has 5 nitrogen and oxygen atoms in total. The first kappa shape index (κ1) is 16.9. The molecule has 0 bridgehead atoms. The van der Waals surface area contributed by atoms with E-state index in [1.165, 1.54) is 31.2 Å². The van der Waals surface area contributed by atoms with Crippen LogP contribution in [-0.2, 0) is 13.0 Å². The number of urea groups is 1. The Morgan fingerprint density at radius 2 is 1.79 bits per heavy atom. The second-order valence-electron chi connectivity index (χ2n) is 7.32. The maximum Gasteiger partial charge on any atom is 0.317 e. The number of methoxy groups -OCH3 is 2. The Bertz CT molecular complexity index is 609. The summed E-state index contributed by atoms with van der Waals surface area (Å²) < 4.78 is 10.7. The van der Waals surface area contributed by atoms with Crippen molar-refractivity contribution in [3.05, 3.63) is 23.3 Å². The fourth-order valence-corrected chi connectivity index (χ4v) is 3.86. The van der Waals surface area contributed by atoms with Gasteiger partial charge in [0.2, 0.25) is 0 Å². The van der Waals surface area contributed by atoms with Crippen molar-refractivity contribution in [3.63, 3.8) is 0 Å². The summed E-state index contributed by atoms with van der Waals surface area (Å²) in [6, 6.07) is 4.07. The quantitative estimate of drug-likeness (QED) is 0.920. The van der Waals surface area contributed by atoms with E-state index in [0.717, 1.165) is 36.6 Å². The first-order valence-corrected chi connectivity index (χ1v) is 8.81. The summed E-state index contributed by atoms with van der Waals surface area (Å²) in [4.78, 5) is 14.4. The Morgan fingerprint density at radius 1 is 1.17 bits per heavy atom. The van der Waals surface area contributed by atoms with Crippen LogP contribution in [0.4, 0.5) is 4.79 Å². The highest BCUT2D eigenvalue weighted by atomic mass is 16.5. The van der Waals surface area contributed by atoms with Gasteiger partial charge in [0, 0.05) is 19.6 Å². The molecule has 0 saturated heterocycles. The van der Waals surface area contributed by atoms with E-state index in [9.17, 15) is 4.79 Å². The molecule has 1 aromatic carbocycles. The molecular weight excluding hydrogens is 304 g/mol. The van der Waals surface area contributed by atoms with Crippen LogP contribution in [-0.4, -0.2) is 38.2 Å². The van der Waals surface area contributed by atoms with Crippen molar-refractivity contribution in [2.75, 3.05) is 27.3 Å². The molecule has 1 N–H and O–H groups in total. The third kappa shape index (κ3) is 3.45. The van der Waals surface area contributed by atoms with Crippen LogP contribution < -0.4 is 14.8 Å². The number of carbonyl (C=O) groups is 1. The third-order valence-corrected chi connectivity index (χ3v) is 5.48. The topological polar surface area (TPSA) is 50.8 Å². The molecule has 5 heteroatoms. The van der Waals surface area contributed by atoms with Gasteiger partial charge in [-0.25, -0.2) is 4.79 Å². The molecule has 2 amide bonds. The van der Waals surface area contributed by atoms with Crippen LogP contribution in [0.25, 0.3) is 0 Å². The van der Waals surface area contributed by atoms with Crippen molar-refractivity contribution in [1.82, 2.24) is 10.2 Å². The van der Waals surface area contributed by atoms with E-state index in [2.05, 4.69) is 12.2 Å². The minimum absolute atomic E-state index is 0.0450. The molecule has 0 atom stereocenters. The van der Waals surface area contributed by atoms with E-state index >= 15 is 0 Å². The van der Waals surface area contributed by atoms with Gasteiger partial charge in [0.05, 0.1) is 14.2 Å². The fourth-order valence-electron chi connectivity index (χ4n) is 3.86. The summed E-state index contributed by atoms with van der Waals surface area (Å²) in [5, 5.41) is 3.15. The second kappa shape index (κ2) is 6.91. The fraction of sp³-hybridized carbons (Fsp3) is 0.632. The van der Waals surface area contributed by atoms with Crippen LogP contribution in [0.15, 0.2) is 12.1 Å². The molecule has 1 aliphatic heterocycles. The van der Waals surface area contributed by atoms with Crippen molar-refractivity contribution >= 4 is 6.03 Å². The first-order valence-electron chi connectivity index (χ1n) is 8.81. The standard InChI is InChI=1S/C19H28N2O3/c1-19(7-4-5-8-19)13-20-18(22)21-9-6-14-10-16(23-2)17(24-3)11-15(14)12-21/h10-11H,4-9,12-13H2,1-3H3,(H,20,22). The average Bonchev–Trinajstić information content (AvgIpc) is 3.04. The summed E-state index contributed by atoms with van der Waals surface area (Å²) in [6.45, 7) is 4.42. The lowest BCUT2D eigenvalue weighted by Gasteiger charge is -2.31. The molecule has 24 heavy (non-hydrogen) atoms. The molecule has 132 valence electrons. The summed E-state index contributed by atoms with van der Waals surface area (Å²) in [6.07, 6.45) is 5.84. The van der Waals surface area contributed by atoms with E-state index in [-0.39, 0.29) is 11.4 Å². The SMILES string of the molecule is COc1cc2c(cc1OC)CN(C(=O)NCC1(C)CCCC1)CC2. The third-order valence-electron chi connectivity index (χ3n) is 5.48. The van der Waals surface area contributed by atoms with Gasteiger partial charge in [-0.05, 0) is 47.9 Å². The van der Waals surface area contributed by atoms with Crippen LogP contribution >= 0.6 is 0 Å². The smallest absolute Gasteiger partial charge is 0.317 e. The maximum absolute atomic E-state index is 12.5. The predicted molar refractivity (Wildman–Crippen MR) is 93.6 cm³/mol. The number of carbonyl (C=O) groups excluding carboxylic acids is 1. The molecular formula is C19H28N2O3. The normalized spacial score (nSPS) is 18.9. The number of hydrogen-bond donors (Lipinski definition) is 1. The van der Waals surface area contributed by atoms with Crippen LogP contribution in [0.3, 0.4) is 0 Å². The van der Waals surface area contributed by atoms with Crippen molar-refractivity contribution in [1.29, 1.82) is 0 Å². The van der Waals surface area contributed by atoms with Crippen molar-refractivity contribution in [2.24, 2.45) is 5.41 Å². The Morgan fingerprint density at radius 3 is 2.42 bits per heavy atom. The number of nitrogens with one attached hydrogen (secondary N) is 1. The van der Waals surface area contributed by atoms with Crippen LogP contribution in [0.1, 0.15) is 43.7 Å². The Kier molecular flexibility index (Phi) is 4.88. The zero-order valence-corrected chi connectivity index (χ0v) is 15.0. The predicted octanol–water partition coefficient (Wildman–Crippen LogP) is 3.35. The molecule has 2 aliphatic rings. The van der Waals surface area contributed by atoms with Crippen molar-refractivity contribution in [2.45, 2.75) is 45.6 Å². The molecule has 1 aromatic rings. The van der Waals surface area contributed by atoms with E-state index in [1.807, 2.05) is 17.0 Å². The number of fused-ring (bicyclic) bond motifs is 1. The Balaban J connectivity index is 1.64. The molecule has 1 saturated carbocycles. The highest BCUT2D eigenvalue weighted by Crippen LogP contribution is 2.37. The van der Waals surface area contributed by atoms with E-state index < -0.39 is 0 Å². The summed E-state index contributed by atoms with van der Waals surface area (Å²) in [5.74, 6) is 1.47. The highest BCUT2D eigenvalue weighted by molar-refractivity contribution is 5.74. The van der Waals surface area contributed by atoms with Gasteiger partial charge in [0.1, 0.15) is 0 Å². The molecule has 0 radical (unpaired) electrons. The van der Waals surface area contributed by atoms with E-state index in [4.69, 9.17) is 9.47 Å². The van der Waals surface area contributed by atoms with Crippen LogP contribution in [0.2, 0.25) is 0 Å². The number of amides is 2. The van der Waals surface area contributed by atoms with Gasteiger partial charge in [0.15, 0.2) is 11.5 Å². The number of ether oxygens (including phenoxy) is 2. The van der Waals surface area contributed by atoms with Crippen molar-refractivity contribution in [3.8, 4) is 11.5 Å². The van der Waals surface area contributed by atoms with Gasteiger partial charge in [-0.1, -0.05) is 19.8 Å². The summed E-state index contributed by atoms with van der Waals surface area (Å²) in [5.41, 5.74) is 2.65. The van der Waals surface area contributed by atoms with Gasteiger partial charge in [-0.15, -0.1) is 0 Å². The molecule has 1 heterocycles. The zero-order chi connectivity index (χ0) is 17.2. The molecule has 3 rings (SSSR count). The first-order chi connectivity index (χ1) is 11.5. The molecule has 1 fully saturated rings. The summed E-state index contributed by atoms with van der Waals surface area (Å²) in [7, 11) is 3.29. The molecule has 1 aliphatic carbocycles. The van der Waals surface area contributed by atoms with Gasteiger partial charge in [-0.3, -0.25) is 0 Å². The van der Waals surface area contributed by atoms with E-state index in [0.29, 0.717) is 6.54 Å². The lowest BCUT2D eigenvalue weighted by Crippen LogP contribution is -2.45. The van der Waals surface area contributed by atoms with Crippen LogP contribution in [0, 0.1) is 5.41 Å². The molecule has 0 spiro atoms. The second-order valence-corrected chi connectivity index (χ2v) is 7.32.